The molecule has 0 aromatic heterocycles. The molecule has 5 rings (SSSR count). The van der Waals surface area contributed by atoms with Crippen LogP contribution in [0.2, 0.25) is 0 Å². The normalized spacial score (nSPS) is 27.4. The number of fused-ring (bicyclic) bond motifs is 1. The predicted octanol–water partition coefficient (Wildman–Crippen LogP) is 3.78. The fourth-order valence-electron chi connectivity index (χ4n) is 6.58. The minimum Gasteiger partial charge on any atom is -0.497 e. The van der Waals surface area contributed by atoms with Crippen molar-refractivity contribution < 1.29 is 29.0 Å². The minimum atomic E-state index is -0.815. The molecular weight excluding hydrogens is 530 g/mol. The molecule has 9 nitrogen and oxygen atoms in total. The second kappa shape index (κ2) is 11.3. The van der Waals surface area contributed by atoms with Gasteiger partial charge in [0.25, 0.3) is 0 Å². The van der Waals surface area contributed by atoms with Crippen LogP contribution in [0.1, 0.15) is 33.6 Å². The van der Waals surface area contributed by atoms with Crippen LogP contribution in [0.15, 0.2) is 48.5 Å². The number of carbonyl (C=O) groups is 3. The summed E-state index contributed by atoms with van der Waals surface area (Å²) in [5.74, 6) is -0.692. The summed E-state index contributed by atoms with van der Waals surface area (Å²) in [7, 11) is 1.58. The number of nitrogens with zero attached hydrogens (tertiary/aromatic N) is 1. The molecule has 3 heterocycles. The lowest BCUT2D eigenvalue weighted by atomic mass is 9.70. The van der Waals surface area contributed by atoms with E-state index >= 15 is 0 Å². The molecule has 0 saturated carbocycles. The van der Waals surface area contributed by atoms with Crippen molar-refractivity contribution in [2.24, 2.45) is 17.8 Å². The lowest BCUT2D eigenvalue weighted by Crippen LogP contribution is -2.56. The Kier molecular flexibility index (Phi) is 8.01. The van der Waals surface area contributed by atoms with Crippen LogP contribution in [0.4, 0.5) is 11.4 Å². The molecule has 3 saturated heterocycles. The molecule has 10 heteroatoms. The van der Waals surface area contributed by atoms with Gasteiger partial charge in [-0.2, -0.15) is 0 Å². The van der Waals surface area contributed by atoms with Crippen molar-refractivity contribution in [3.8, 4) is 11.5 Å². The molecule has 2 unspecified atom stereocenters. The van der Waals surface area contributed by atoms with Gasteiger partial charge < -0.3 is 30.1 Å². The van der Waals surface area contributed by atoms with E-state index in [1.807, 2.05) is 20.8 Å². The van der Waals surface area contributed by atoms with Gasteiger partial charge in [-0.3, -0.25) is 14.4 Å². The molecule has 3 fully saturated rings. The maximum absolute atomic E-state index is 14.2. The minimum absolute atomic E-state index is 0.0679. The van der Waals surface area contributed by atoms with Crippen molar-refractivity contribution in [3.63, 3.8) is 0 Å². The lowest BCUT2D eigenvalue weighted by Gasteiger charge is -2.38. The fourth-order valence-corrected chi connectivity index (χ4v) is 8.79. The van der Waals surface area contributed by atoms with Crippen LogP contribution in [0.5, 0.6) is 11.5 Å². The van der Waals surface area contributed by atoms with Gasteiger partial charge in [0, 0.05) is 16.6 Å². The zero-order valence-electron chi connectivity index (χ0n) is 23.3. The molecule has 2 aromatic carbocycles. The van der Waals surface area contributed by atoms with Gasteiger partial charge >= 0.3 is 0 Å². The highest BCUT2D eigenvalue weighted by Crippen LogP contribution is 2.66. The fraction of sp³-hybridized carbons (Fsp3) is 0.500. The van der Waals surface area contributed by atoms with E-state index < -0.39 is 28.7 Å². The van der Waals surface area contributed by atoms with Gasteiger partial charge in [0.05, 0.1) is 42.9 Å². The number of nitrogens with one attached hydrogen (secondary N) is 2. The highest BCUT2D eigenvalue weighted by molar-refractivity contribution is 8.02. The molecule has 3 aliphatic heterocycles. The third-order valence-electron chi connectivity index (χ3n) is 8.39. The Bertz CT molecular complexity index is 1250. The maximum Gasteiger partial charge on any atom is 0.248 e. The molecule has 0 radical (unpaired) electrons. The first kappa shape index (κ1) is 28.3. The van der Waals surface area contributed by atoms with E-state index in [0.717, 1.165) is 6.42 Å². The van der Waals surface area contributed by atoms with Crippen molar-refractivity contribution >= 4 is 40.9 Å². The second-order valence-electron chi connectivity index (χ2n) is 11.0. The molecule has 2 aromatic rings. The molecule has 2 bridgehead atoms. The number of anilines is 2. The number of aliphatic hydroxyl groups is 1. The SMILES string of the molecule is CCOc1ccc(NC(=O)[C@@H]2[C@H]3C(=O)N([C@@H](CO)C(C)C)C(C(=O)Nc4ccc(OC)cc4)C34CC[C@H]2S4)cc1. The molecular formula is C30H37N3O6S. The molecule has 0 aliphatic carbocycles. The molecule has 3 amide bonds. The average molecular weight is 568 g/mol. The Hall–Kier alpha value is -3.24. The third kappa shape index (κ3) is 4.81. The third-order valence-corrected chi connectivity index (χ3v) is 10.3. The van der Waals surface area contributed by atoms with Gasteiger partial charge in [-0.15, -0.1) is 11.8 Å². The quantitative estimate of drug-likeness (QED) is 0.400. The van der Waals surface area contributed by atoms with Crippen LogP contribution in [0, 0.1) is 17.8 Å². The number of carbonyl (C=O) groups excluding carboxylic acids is 3. The summed E-state index contributed by atoms with van der Waals surface area (Å²) in [6.45, 7) is 6.05. The van der Waals surface area contributed by atoms with E-state index in [9.17, 15) is 19.5 Å². The van der Waals surface area contributed by atoms with Crippen LogP contribution in [0.3, 0.4) is 0 Å². The number of ether oxygens (including phenoxy) is 2. The largest absolute Gasteiger partial charge is 0.497 e. The number of hydrogen-bond donors (Lipinski definition) is 3. The molecule has 3 N–H and O–H groups in total. The number of likely N-dealkylation sites (tertiary alicyclic amines) is 1. The van der Waals surface area contributed by atoms with E-state index in [4.69, 9.17) is 9.47 Å². The van der Waals surface area contributed by atoms with Crippen molar-refractivity contribution in [2.45, 2.75) is 55.7 Å². The number of rotatable bonds is 10. The van der Waals surface area contributed by atoms with Crippen molar-refractivity contribution in [1.29, 1.82) is 0 Å². The molecule has 3 aliphatic rings. The highest BCUT2D eigenvalue weighted by Gasteiger charge is 2.74. The van der Waals surface area contributed by atoms with Crippen LogP contribution < -0.4 is 20.1 Å². The summed E-state index contributed by atoms with van der Waals surface area (Å²) in [5, 5.41) is 16.3. The smallest absolute Gasteiger partial charge is 0.248 e. The number of aliphatic hydroxyl groups excluding tert-OH is 1. The Morgan fingerprint density at radius 3 is 2.20 bits per heavy atom. The topological polar surface area (TPSA) is 117 Å². The Balaban J connectivity index is 1.45. The number of amides is 3. The summed E-state index contributed by atoms with van der Waals surface area (Å²) in [6.07, 6.45) is 1.39. The van der Waals surface area contributed by atoms with Crippen molar-refractivity contribution in [3.05, 3.63) is 48.5 Å². The standard InChI is InChI=1S/C30H37N3O6S/c1-5-39-21-12-8-18(9-13-21)31-27(35)24-23-14-15-30(40-23)25(24)29(37)33(22(16-34)17(2)3)26(30)28(36)32-19-6-10-20(38-4)11-7-19/h6-13,17,22-26,34H,5,14-16H2,1-4H3,(H,31,35)(H,32,36)/t22-,23+,24-,25-,26?,30?/m0/s1. The van der Waals surface area contributed by atoms with Gasteiger partial charge in [0.1, 0.15) is 17.5 Å². The first-order chi connectivity index (χ1) is 19.2. The highest BCUT2D eigenvalue weighted by atomic mass is 32.2. The zero-order chi connectivity index (χ0) is 28.6. The summed E-state index contributed by atoms with van der Waals surface area (Å²) in [4.78, 5) is 43.5. The molecule has 214 valence electrons. The molecule has 6 atom stereocenters. The predicted molar refractivity (Wildman–Crippen MR) is 155 cm³/mol. The van der Waals surface area contributed by atoms with Gasteiger partial charge in [-0.25, -0.2) is 0 Å². The van der Waals surface area contributed by atoms with E-state index in [0.29, 0.717) is 35.9 Å². The number of benzene rings is 2. The molecule has 40 heavy (non-hydrogen) atoms. The lowest BCUT2D eigenvalue weighted by molar-refractivity contribution is -0.142. The summed E-state index contributed by atoms with van der Waals surface area (Å²) >= 11 is 1.60. The summed E-state index contributed by atoms with van der Waals surface area (Å²) in [5.41, 5.74) is 1.22. The van der Waals surface area contributed by atoms with Gasteiger partial charge in [0.2, 0.25) is 17.7 Å². The Morgan fingerprint density at radius 1 is 1.05 bits per heavy atom. The first-order valence-corrected chi connectivity index (χ1v) is 14.7. The average Bonchev–Trinajstić information content (AvgIpc) is 3.58. The Labute approximate surface area is 239 Å². The van der Waals surface area contributed by atoms with Crippen molar-refractivity contribution in [1.82, 2.24) is 4.90 Å². The van der Waals surface area contributed by atoms with Gasteiger partial charge in [-0.05, 0) is 74.2 Å². The van der Waals surface area contributed by atoms with Gasteiger partial charge in [0.15, 0.2) is 0 Å². The van der Waals surface area contributed by atoms with Crippen molar-refractivity contribution in [2.75, 3.05) is 31.0 Å². The zero-order valence-corrected chi connectivity index (χ0v) is 24.1. The Morgan fingerprint density at radius 2 is 1.65 bits per heavy atom. The van der Waals surface area contributed by atoms with Crippen LogP contribution in [-0.2, 0) is 14.4 Å². The number of hydrogen-bond acceptors (Lipinski definition) is 7. The summed E-state index contributed by atoms with van der Waals surface area (Å²) in [6, 6.07) is 12.8. The van der Waals surface area contributed by atoms with E-state index in [1.165, 1.54) is 0 Å². The number of thioether (sulfide) groups is 1. The molecule has 1 spiro atoms. The van der Waals surface area contributed by atoms with Crippen LogP contribution in [0.25, 0.3) is 0 Å². The number of methoxy groups -OCH3 is 1. The monoisotopic (exact) mass is 567 g/mol. The van der Waals surface area contributed by atoms with E-state index in [1.54, 1.807) is 72.3 Å². The summed E-state index contributed by atoms with van der Waals surface area (Å²) < 4.78 is 9.97. The van der Waals surface area contributed by atoms with Crippen LogP contribution in [-0.4, -0.2) is 70.1 Å². The maximum atomic E-state index is 14.2. The van der Waals surface area contributed by atoms with Crippen LogP contribution >= 0.6 is 11.8 Å². The second-order valence-corrected chi connectivity index (χ2v) is 12.6. The van der Waals surface area contributed by atoms with E-state index in [2.05, 4.69) is 10.6 Å². The first-order valence-electron chi connectivity index (χ1n) is 13.8. The van der Waals surface area contributed by atoms with E-state index in [-0.39, 0.29) is 35.5 Å². The van der Waals surface area contributed by atoms with Gasteiger partial charge in [-0.1, -0.05) is 13.8 Å².